The molecule has 3 rings (SSSR count). The van der Waals surface area contributed by atoms with Gasteiger partial charge in [-0.25, -0.2) is 0 Å². The fourth-order valence-corrected chi connectivity index (χ4v) is 2.53. The number of hydrogen-bond acceptors (Lipinski definition) is 2. The van der Waals surface area contributed by atoms with Crippen molar-refractivity contribution in [3.63, 3.8) is 0 Å². The summed E-state index contributed by atoms with van der Waals surface area (Å²) in [6.45, 7) is 4.48. The molecule has 0 spiro atoms. The number of anilines is 1. The molecule has 0 bridgehead atoms. The minimum atomic E-state index is 1.08. The summed E-state index contributed by atoms with van der Waals surface area (Å²) in [7, 11) is 0. The summed E-state index contributed by atoms with van der Waals surface area (Å²) in [5.74, 6) is 0. The zero-order chi connectivity index (χ0) is 10.8. The number of nitrogens with zero attached hydrogens (tertiary/aromatic N) is 1. The Kier molecular flexibility index (Phi) is 2.66. The van der Waals surface area contributed by atoms with Gasteiger partial charge in [-0.05, 0) is 30.0 Å². The Balaban J connectivity index is 1.72. The van der Waals surface area contributed by atoms with E-state index in [1.54, 1.807) is 0 Å². The van der Waals surface area contributed by atoms with E-state index in [9.17, 15) is 0 Å². The second-order valence-electron chi connectivity index (χ2n) is 4.66. The summed E-state index contributed by atoms with van der Waals surface area (Å²) in [5, 5.41) is 3.45. The standard InChI is InChI=1S/C14H18N2/c1-2-8-16(9-3-1)11-12-4-5-13-6-7-15-14(13)10-12/h1-2,4-5,10,15H,3,6-9,11H2. The SMILES string of the molecule is C1=CCN(Cc2ccc3c(c2)NCC3)CC1. The molecule has 2 nitrogen and oxygen atoms in total. The van der Waals surface area contributed by atoms with Crippen molar-refractivity contribution < 1.29 is 0 Å². The van der Waals surface area contributed by atoms with Gasteiger partial charge in [-0.15, -0.1) is 0 Å². The van der Waals surface area contributed by atoms with Gasteiger partial charge >= 0.3 is 0 Å². The first-order chi connectivity index (χ1) is 7.92. The van der Waals surface area contributed by atoms with Gasteiger partial charge in [0.1, 0.15) is 0 Å². The molecule has 1 aromatic carbocycles. The third-order valence-electron chi connectivity index (χ3n) is 3.43. The highest BCUT2D eigenvalue weighted by Crippen LogP contribution is 2.24. The number of rotatable bonds is 2. The molecule has 16 heavy (non-hydrogen) atoms. The quantitative estimate of drug-likeness (QED) is 0.761. The van der Waals surface area contributed by atoms with Crippen LogP contribution in [0.2, 0.25) is 0 Å². The summed E-state index contributed by atoms with van der Waals surface area (Å²) >= 11 is 0. The Bertz CT molecular complexity index is 409. The molecule has 84 valence electrons. The molecule has 2 aliphatic rings. The van der Waals surface area contributed by atoms with Gasteiger partial charge in [-0.3, -0.25) is 4.90 Å². The lowest BCUT2D eigenvalue weighted by Gasteiger charge is -2.23. The van der Waals surface area contributed by atoms with Gasteiger partial charge in [-0.2, -0.15) is 0 Å². The van der Waals surface area contributed by atoms with Gasteiger partial charge in [0.25, 0.3) is 0 Å². The molecule has 0 amide bonds. The second-order valence-corrected chi connectivity index (χ2v) is 4.66. The third kappa shape index (κ3) is 1.98. The van der Waals surface area contributed by atoms with Crippen molar-refractivity contribution in [1.82, 2.24) is 4.90 Å². The molecule has 2 heteroatoms. The molecule has 1 N–H and O–H groups in total. The molecule has 0 saturated carbocycles. The van der Waals surface area contributed by atoms with Crippen molar-refractivity contribution in [2.75, 3.05) is 25.0 Å². The maximum Gasteiger partial charge on any atom is 0.0376 e. The molecule has 1 aromatic rings. The summed E-state index contributed by atoms with van der Waals surface area (Å²) in [6.07, 6.45) is 6.93. The average molecular weight is 214 g/mol. The van der Waals surface area contributed by atoms with Crippen molar-refractivity contribution in [2.24, 2.45) is 0 Å². The molecular weight excluding hydrogens is 196 g/mol. The lowest BCUT2D eigenvalue weighted by Crippen LogP contribution is -2.26. The molecule has 2 aliphatic heterocycles. The van der Waals surface area contributed by atoms with Gasteiger partial charge in [0.15, 0.2) is 0 Å². The highest BCUT2D eigenvalue weighted by atomic mass is 15.1. The van der Waals surface area contributed by atoms with Gasteiger partial charge in [0, 0.05) is 31.9 Å². The smallest absolute Gasteiger partial charge is 0.0376 e. The number of nitrogens with one attached hydrogen (secondary N) is 1. The average Bonchev–Trinajstić information content (AvgIpc) is 2.77. The van der Waals surface area contributed by atoms with Crippen LogP contribution in [0, 0.1) is 0 Å². The summed E-state index contributed by atoms with van der Waals surface area (Å²) in [6, 6.07) is 6.88. The minimum Gasteiger partial charge on any atom is -0.384 e. The zero-order valence-corrected chi connectivity index (χ0v) is 9.58. The van der Waals surface area contributed by atoms with Crippen LogP contribution in [0.3, 0.4) is 0 Å². The fraction of sp³-hybridized carbons (Fsp3) is 0.429. The first-order valence-corrected chi connectivity index (χ1v) is 6.15. The van der Waals surface area contributed by atoms with E-state index in [1.807, 2.05) is 0 Å². The molecule has 0 aliphatic carbocycles. The predicted molar refractivity (Wildman–Crippen MR) is 67.7 cm³/mol. The van der Waals surface area contributed by atoms with Crippen LogP contribution in [-0.4, -0.2) is 24.5 Å². The maximum absolute atomic E-state index is 3.45. The maximum atomic E-state index is 3.45. The highest BCUT2D eigenvalue weighted by Gasteiger charge is 2.12. The van der Waals surface area contributed by atoms with Crippen LogP contribution in [0.25, 0.3) is 0 Å². The molecule has 0 atom stereocenters. The molecule has 0 radical (unpaired) electrons. The topological polar surface area (TPSA) is 15.3 Å². The molecule has 0 unspecified atom stereocenters. The Morgan fingerprint density at radius 2 is 2.25 bits per heavy atom. The number of benzene rings is 1. The van der Waals surface area contributed by atoms with Gasteiger partial charge in [0.05, 0.1) is 0 Å². The van der Waals surface area contributed by atoms with Crippen LogP contribution in [0.15, 0.2) is 30.4 Å². The number of fused-ring (bicyclic) bond motifs is 1. The van der Waals surface area contributed by atoms with Gasteiger partial charge in [0.2, 0.25) is 0 Å². The predicted octanol–water partition coefficient (Wildman–Crippen LogP) is 2.42. The minimum absolute atomic E-state index is 1.08. The monoisotopic (exact) mass is 214 g/mol. The normalized spacial score (nSPS) is 19.5. The Morgan fingerprint density at radius 3 is 3.12 bits per heavy atom. The summed E-state index contributed by atoms with van der Waals surface area (Å²) < 4.78 is 0. The fourth-order valence-electron chi connectivity index (χ4n) is 2.53. The highest BCUT2D eigenvalue weighted by molar-refractivity contribution is 5.57. The van der Waals surface area contributed by atoms with Crippen LogP contribution in [0.5, 0.6) is 0 Å². The Hall–Kier alpha value is -1.28. The van der Waals surface area contributed by atoms with Crippen molar-refractivity contribution in [2.45, 2.75) is 19.4 Å². The molecule has 0 fully saturated rings. The molecule has 0 aromatic heterocycles. The van der Waals surface area contributed by atoms with Gasteiger partial charge < -0.3 is 5.32 Å². The van der Waals surface area contributed by atoms with E-state index < -0.39 is 0 Å². The first-order valence-electron chi connectivity index (χ1n) is 6.15. The summed E-state index contributed by atoms with van der Waals surface area (Å²) in [5.41, 5.74) is 4.26. The summed E-state index contributed by atoms with van der Waals surface area (Å²) in [4.78, 5) is 2.50. The van der Waals surface area contributed by atoms with E-state index in [0.717, 1.165) is 19.6 Å². The zero-order valence-electron chi connectivity index (χ0n) is 9.58. The van der Waals surface area contributed by atoms with Crippen LogP contribution in [0.4, 0.5) is 5.69 Å². The van der Waals surface area contributed by atoms with Crippen molar-refractivity contribution in [1.29, 1.82) is 0 Å². The van der Waals surface area contributed by atoms with Crippen molar-refractivity contribution in [3.8, 4) is 0 Å². The Labute approximate surface area is 97.0 Å². The van der Waals surface area contributed by atoms with Gasteiger partial charge in [-0.1, -0.05) is 24.3 Å². The molecular formula is C14H18N2. The van der Waals surface area contributed by atoms with Crippen LogP contribution < -0.4 is 5.32 Å². The van der Waals surface area contributed by atoms with E-state index >= 15 is 0 Å². The van der Waals surface area contributed by atoms with E-state index in [1.165, 1.54) is 36.2 Å². The van der Waals surface area contributed by atoms with Crippen LogP contribution in [-0.2, 0) is 13.0 Å². The van der Waals surface area contributed by atoms with E-state index in [2.05, 4.69) is 40.6 Å². The Morgan fingerprint density at radius 1 is 1.25 bits per heavy atom. The lowest BCUT2D eigenvalue weighted by molar-refractivity contribution is 0.291. The van der Waals surface area contributed by atoms with Crippen LogP contribution in [0.1, 0.15) is 17.5 Å². The lowest BCUT2D eigenvalue weighted by atomic mass is 10.1. The largest absolute Gasteiger partial charge is 0.384 e. The second kappa shape index (κ2) is 4.30. The van der Waals surface area contributed by atoms with E-state index in [4.69, 9.17) is 0 Å². The van der Waals surface area contributed by atoms with Crippen molar-refractivity contribution >= 4 is 5.69 Å². The molecule has 2 heterocycles. The van der Waals surface area contributed by atoms with E-state index in [-0.39, 0.29) is 0 Å². The molecule has 0 saturated heterocycles. The number of hydrogen-bond donors (Lipinski definition) is 1. The first kappa shape index (κ1) is 9.91. The van der Waals surface area contributed by atoms with Crippen molar-refractivity contribution in [3.05, 3.63) is 41.5 Å². The van der Waals surface area contributed by atoms with Crippen LogP contribution >= 0.6 is 0 Å². The van der Waals surface area contributed by atoms with E-state index in [0.29, 0.717) is 0 Å². The third-order valence-corrected chi connectivity index (χ3v) is 3.43.